The molecule has 0 aliphatic heterocycles. The number of aliphatic hydroxyl groups is 1. The molecule has 0 fully saturated rings. The first-order valence-corrected chi connectivity index (χ1v) is 5.15. The SMILES string of the molecule is Cc1nccn1-c1cccc(OCCO)c1. The highest BCUT2D eigenvalue weighted by Gasteiger charge is 2.01. The van der Waals surface area contributed by atoms with E-state index in [2.05, 4.69) is 4.98 Å². The Morgan fingerprint density at radius 2 is 2.31 bits per heavy atom. The van der Waals surface area contributed by atoms with E-state index in [0.717, 1.165) is 17.3 Å². The summed E-state index contributed by atoms with van der Waals surface area (Å²) in [5.41, 5.74) is 1.01. The number of rotatable bonds is 4. The highest BCUT2D eigenvalue weighted by Crippen LogP contribution is 2.17. The van der Waals surface area contributed by atoms with E-state index in [-0.39, 0.29) is 6.61 Å². The Morgan fingerprint density at radius 3 is 3.00 bits per heavy atom. The number of nitrogens with zero attached hydrogens (tertiary/aromatic N) is 2. The van der Waals surface area contributed by atoms with Gasteiger partial charge in [-0.25, -0.2) is 4.98 Å². The van der Waals surface area contributed by atoms with Crippen molar-refractivity contribution in [3.63, 3.8) is 0 Å². The molecule has 0 amide bonds. The summed E-state index contributed by atoms with van der Waals surface area (Å²) in [6, 6.07) is 7.69. The maximum absolute atomic E-state index is 8.68. The molecule has 4 heteroatoms. The number of hydrogen-bond acceptors (Lipinski definition) is 3. The standard InChI is InChI=1S/C12H14N2O2/c1-10-13-5-6-14(10)11-3-2-4-12(9-11)16-8-7-15/h2-6,9,15H,7-8H2,1H3. The Morgan fingerprint density at radius 1 is 1.44 bits per heavy atom. The van der Waals surface area contributed by atoms with Crippen molar-refractivity contribution in [2.24, 2.45) is 0 Å². The van der Waals surface area contributed by atoms with Gasteiger partial charge in [0.1, 0.15) is 18.2 Å². The van der Waals surface area contributed by atoms with Crippen molar-refractivity contribution < 1.29 is 9.84 Å². The summed E-state index contributed by atoms with van der Waals surface area (Å²) in [6.45, 7) is 2.28. The molecule has 1 heterocycles. The van der Waals surface area contributed by atoms with Gasteiger partial charge >= 0.3 is 0 Å². The second-order valence-corrected chi connectivity index (χ2v) is 3.41. The number of benzene rings is 1. The molecule has 0 spiro atoms. The minimum absolute atomic E-state index is 0.0222. The molecule has 0 saturated carbocycles. The lowest BCUT2D eigenvalue weighted by Gasteiger charge is -2.08. The highest BCUT2D eigenvalue weighted by atomic mass is 16.5. The minimum atomic E-state index is 0.0222. The number of aromatic nitrogens is 2. The molecule has 0 atom stereocenters. The van der Waals surface area contributed by atoms with Crippen molar-refractivity contribution in [3.8, 4) is 11.4 Å². The van der Waals surface area contributed by atoms with Gasteiger partial charge in [0.15, 0.2) is 0 Å². The average Bonchev–Trinajstić information content (AvgIpc) is 2.73. The van der Waals surface area contributed by atoms with Crippen LogP contribution < -0.4 is 4.74 Å². The fourth-order valence-corrected chi connectivity index (χ4v) is 1.54. The van der Waals surface area contributed by atoms with Gasteiger partial charge in [-0.3, -0.25) is 0 Å². The van der Waals surface area contributed by atoms with Crippen LogP contribution in [0, 0.1) is 6.92 Å². The maximum atomic E-state index is 8.68. The lowest BCUT2D eigenvalue weighted by Crippen LogP contribution is -2.02. The Labute approximate surface area is 94.1 Å². The van der Waals surface area contributed by atoms with Crippen molar-refractivity contribution in [1.29, 1.82) is 0 Å². The second-order valence-electron chi connectivity index (χ2n) is 3.41. The first kappa shape index (κ1) is 10.7. The Hall–Kier alpha value is -1.81. The van der Waals surface area contributed by atoms with E-state index in [0.29, 0.717) is 6.61 Å². The average molecular weight is 218 g/mol. The predicted octanol–water partition coefficient (Wildman–Crippen LogP) is 1.55. The molecule has 0 aliphatic rings. The number of aryl methyl sites for hydroxylation is 1. The summed E-state index contributed by atoms with van der Waals surface area (Å²) >= 11 is 0. The number of imidazole rings is 1. The molecular weight excluding hydrogens is 204 g/mol. The Kier molecular flexibility index (Phi) is 3.22. The van der Waals surface area contributed by atoms with E-state index in [1.165, 1.54) is 0 Å². The van der Waals surface area contributed by atoms with Crippen molar-refractivity contribution in [2.45, 2.75) is 6.92 Å². The van der Waals surface area contributed by atoms with Gasteiger partial charge in [-0.1, -0.05) is 6.07 Å². The minimum Gasteiger partial charge on any atom is -0.491 e. The van der Waals surface area contributed by atoms with Crippen LogP contribution >= 0.6 is 0 Å². The van der Waals surface area contributed by atoms with E-state index in [1.54, 1.807) is 6.20 Å². The predicted molar refractivity (Wildman–Crippen MR) is 60.9 cm³/mol. The van der Waals surface area contributed by atoms with Crippen molar-refractivity contribution in [3.05, 3.63) is 42.5 Å². The largest absolute Gasteiger partial charge is 0.491 e. The van der Waals surface area contributed by atoms with Crippen LogP contribution in [0.4, 0.5) is 0 Å². The summed E-state index contributed by atoms with van der Waals surface area (Å²) in [7, 11) is 0. The van der Waals surface area contributed by atoms with Crippen LogP contribution in [0.3, 0.4) is 0 Å². The third-order valence-corrected chi connectivity index (χ3v) is 2.28. The molecule has 1 aromatic heterocycles. The molecule has 0 radical (unpaired) electrons. The summed E-state index contributed by atoms with van der Waals surface area (Å²) in [4.78, 5) is 4.17. The summed E-state index contributed by atoms with van der Waals surface area (Å²) in [6.07, 6.45) is 3.66. The monoisotopic (exact) mass is 218 g/mol. The van der Waals surface area contributed by atoms with Gasteiger partial charge in [-0.2, -0.15) is 0 Å². The fourth-order valence-electron chi connectivity index (χ4n) is 1.54. The van der Waals surface area contributed by atoms with Crippen LogP contribution in [0.25, 0.3) is 5.69 Å². The summed E-state index contributed by atoms with van der Waals surface area (Å²) in [5, 5.41) is 8.68. The lowest BCUT2D eigenvalue weighted by atomic mass is 10.3. The zero-order valence-electron chi connectivity index (χ0n) is 9.13. The van der Waals surface area contributed by atoms with Crippen molar-refractivity contribution >= 4 is 0 Å². The van der Waals surface area contributed by atoms with E-state index in [4.69, 9.17) is 9.84 Å². The molecule has 0 unspecified atom stereocenters. The molecule has 84 valence electrons. The van der Waals surface area contributed by atoms with E-state index in [1.807, 2.05) is 42.0 Å². The zero-order chi connectivity index (χ0) is 11.4. The molecule has 1 aromatic carbocycles. The van der Waals surface area contributed by atoms with Crippen LogP contribution in [0.2, 0.25) is 0 Å². The molecule has 1 N–H and O–H groups in total. The van der Waals surface area contributed by atoms with Crippen LogP contribution in [0.1, 0.15) is 5.82 Å². The number of ether oxygens (including phenoxy) is 1. The molecule has 16 heavy (non-hydrogen) atoms. The quantitative estimate of drug-likeness (QED) is 0.847. The Balaban J connectivity index is 2.26. The Bertz CT molecular complexity index is 466. The molecule has 0 aliphatic carbocycles. The highest BCUT2D eigenvalue weighted by molar-refractivity contribution is 5.40. The first-order chi connectivity index (χ1) is 7.81. The molecular formula is C12H14N2O2. The van der Waals surface area contributed by atoms with E-state index < -0.39 is 0 Å². The van der Waals surface area contributed by atoms with Crippen LogP contribution in [0.15, 0.2) is 36.7 Å². The smallest absolute Gasteiger partial charge is 0.121 e. The third kappa shape index (κ3) is 2.23. The molecule has 4 nitrogen and oxygen atoms in total. The first-order valence-electron chi connectivity index (χ1n) is 5.15. The van der Waals surface area contributed by atoms with Gasteiger partial charge < -0.3 is 14.4 Å². The van der Waals surface area contributed by atoms with E-state index in [9.17, 15) is 0 Å². The van der Waals surface area contributed by atoms with Crippen LogP contribution in [-0.2, 0) is 0 Å². The molecule has 0 bridgehead atoms. The van der Waals surface area contributed by atoms with Crippen LogP contribution in [-0.4, -0.2) is 27.9 Å². The maximum Gasteiger partial charge on any atom is 0.121 e. The van der Waals surface area contributed by atoms with Crippen LogP contribution in [0.5, 0.6) is 5.75 Å². The van der Waals surface area contributed by atoms with Crippen molar-refractivity contribution in [1.82, 2.24) is 9.55 Å². The number of aliphatic hydroxyl groups excluding tert-OH is 1. The molecule has 2 rings (SSSR count). The zero-order valence-corrected chi connectivity index (χ0v) is 9.13. The van der Waals surface area contributed by atoms with E-state index >= 15 is 0 Å². The molecule has 2 aromatic rings. The lowest BCUT2D eigenvalue weighted by molar-refractivity contribution is 0.201. The van der Waals surface area contributed by atoms with Gasteiger partial charge in [0.2, 0.25) is 0 Å². The van der Waals surface area contributed by atoms with Gasteiger partial charge in [-0.15, -0.1) is 0 Å². The van der Waals surface area contributed by atoms with Gasteiger partial charge in [-0.05, 0) is 19.1 Å². The van der Waals surface area contributed by atoms with Gasteiger partial charge in [0.05, 0.1) is 12.3 Å². The topological polar surface area (TPSA) is 47.3 Å². The summed E-state index contributed by atoms with van der Waals surface area (Å²) in [5.74, 6) is 1.68. The summed E-state index contributed by atoms with van der Waals surface area (Å²) < 4.78 is 7.33. The third-order valence-electron chi connectivity index (χ3n) is 2.28. The van der Waals surface area contributed by atoms with Crippen molar-refractivity contribution in [2.75, 3.05) is 13.2 Å². The second kappa shape index (κ2) is 4.81. The number of hydrogen-bond donors (Lipinski definition) is 1. The normalized spacial score (nSPS) is 10.4. The van der Waals surface area contributed by atoms with Gasteiger partial charge in [0.25, 0.3) is 0 Å². The van der Waals surface area contributed by atoms with Gasteiger partial charge in [0, 0.05) is 18.5 Å². The fraction of sp³-hybridized carbons (Fsp3) is 0.250. The molecule has 0 saturated heterocycles.